The number of halogens is 5. The molecule has 7 nitrogen and oxygen atoms in total. The lowest BCUT2D eigenvalue weighted by Gasteiger charge is -2.38. The molecule has 0 amide bonds. The molecule has 0 spiro atoms. The Labute approximate surface area is 213 Å². The largest absolute Gasteiger partial charge is 0.416 e. The van der Waals surface area contributed by atoms with Crippen LogP contribution in [0, 0.1) is 5.82 Å². The van der Waals surface area contributed by atoms with Crippen LogP contribution in [0.15, 0.2) is 59.8 Å². The van der Waals surface area contributed by atoms with Gasteiger partial charge in [0, 0.05) is 24.7 Å². The van der Waals surface area contributed by atoms with Crippen LogP contribution in [0.3, 0.4) is 0 Å². The van der Waals surface area contributed by atoms with Crippen LogP contribution in [-0.4, -0.2) is 48.0 Å². The van der Waals surface area contributed by atoms with Crippen molar-refractivity contribution in [1.29, 1.82) is 0 Å². The first kappa shape index (κ1) is 25.4. The quantitative estimate of drug-likeness (QED) is 0.383. The summed E-state index contributed by atoms with van der Waals surface area (Å²) in [4.78, 5) is 19.3. The number of aromatic nitrogens is 4. The van der Waals surface area contributed by atoms with Crippen molar-refractivity contribution in [3.63, 3.8) is 0 Å². The maximum Gasteiger partial charge on any atom is 0.416 e. The monoisotopic (exact) mass is 535 g/mol. The van der Waals surface area contributed by atoms with Gasteiger partial charge in [0.25, 0.3) is 5.56 Å². The number of likely N-dealkylation sites (tertiary alicyclic amines) is 1. The molecular formula is C25H22ClF4N5O2. The third-order valence-electron chi connectivity index (χ3n) is 6.65. The molecule has 37 heavy (non-hydrogen) atoms. The normalized spacial score (nSPS) is 16.4. The second kappa shape index (κ2) is 9.55. The molecule has 1 fully saturated rings. The molecule has 1 aliphatic heterocycles. The van der Waals surface area contributed by atoms with E-state index in [2.05, 4.69) is 10.1 Å². The third kappa shape index (κ3) is 5.25. The predicted molar refractivity (Wildman–Crippen MR) is 129 cm³/mol. The molecule has 2 aromatic carbocycles. The van der Waals surface area contributed by atoms with Gasteiger partial charge in [-0.2, -0.15) is 18.3 Å². The van der Waals surface area contributed by atoms with E-state index in [1.54, 1.807) is 0 Å². The van der Waals surface area contributed by atoms with E-state index in [9.17, 15) is 27.5 Å². The van der Waals surface area contributed by atoms with Crippen molar-refractivity contribution in [2.24, 2.45) is 0 Å². The molecule has 194 valence electrons. The SMILES string of the molecule is O=c1c2cnn(-c3ccc(F)cc3)c2ncn1CC1(O)CCN(Cc2ccc(Cl)cc2C(F)(F)F)CC1. The Morgan fingerprint density at radius 1 is 1.08 bits per heavy atom. The summed E-state index contributed by atoms with van der Waals surface area (Å²) in [5.74, 6) is -0.399. The van der Waals surface area contributed by atoms with E-state index in [1.807, 2.05) is 4.90 Å². The zero-order chi connectivity index (χ0) is 26.4. The Morgan fingerprint density at radius 3 is 2.46 bits per heavy atom. The molecule has 3 heterocycles. The zero-order valence-electron chi connectivity index (χ0n) is 19.4. The van der Waals surface area contributed by atoms with E-state index in [0.717, 1.165) is 6.07 Å². The van der Waals surface area contributed by atoms with Gasteiger partial charge in [-0.25, -0.2) is 14.1 Å². The number of benzene rings is 2. The van der Waals surface area contributed by atoms with Gasteiger partial charge in [0.2, 0.25) is 0 Å². The number of rotatable bonds is 5. The van der Waals surface area contributed by atoms with E-state index in [1.165, 1.54) is 58.2 Å². The predicted octanol–water partition coefficient (Wildman–Crippen LogP) is 4.42. The van der Waals surface area contributed by atoms with Gasteiger partial charge in [-0.3, -0.25) is 14.3 Å². The molecule has 1 aliphatic rings. The lowest BCUT2D eigenvalue weighted by atomic mass is 9.90. The van der Waals surface area contributed by atoms with Crippen LogP contribution in [0.25, 0.3) is 16.7 Å². The Kier molecular flexibility index (Phi) is 6.55. The van der Waals surface area contributed by atoms with Gasteiger partial charge in [0.15, 0.2) is 5.65 Å². The van der Waals surface area contributed by atoms with Crippen LogP contribution in [0.2, 0.25) is 5.02 Å². The van der Waals surface area contributed by atoms with Gasteiger partial charge in [0.05, 0.1) is 29.6 Å². The van der Waals surface area contributed by atoms with Crippen LogP contribution in [0.5, 0.6) is 0 Å². The average Bonchev–Trinajstić information content (AvgIpc) is 3.28. The number of fused-ring (bicyclic) bond motifs is 1. The second-order valence-electron chi connectivity index (χ2n) is 9.25. The summed E-state index contributed by atoms with van der Waals surface area (Å²) < 4.78 is 56.3. The summed E-state index contributed by atoms with van der Waals surface area (Å²) >= 11 is 5.77. The van der Waals surface area contributed by atoms with Gasteiger partial charge in [-0.15, -0.1) is 0 Å². The van der Waals surface area contributed by atoms with Gasteiger partial charge in [-0.05, 0) is 54.8 Å². The Hall–Kier alpha value is -3.28. The average molecular weight is 536 g/mol. The molecular weight excluding hydrogens is 514 g/mol. The Balaban J connectivity index is 1.29. The van der Waals surface area contributed by atoms with Crippen molar-refractivity contribution in [2.75, 3.05) is 13.1 Å². The highest BCUT2D eigenvalue weighted by molar-refractivity contribution is 6.30. The van der Waals surface area contributed by atoms with Gasteiger partial charge < -0.3 is 5.11 Å². The maximum atomic E-state index is 13.4. The standard InChI is InChI=1S/C25H22ClF4N5O2/c26-17-2-1-16(21(11-17)25(28,29)30)13-33-9-7-24(37,8-10-33)14-34-15-31-22-20(23(34)36)12-32-35(22)19-5-3-18(27)4-6-19/h1-6,11-12,15,37H,7-10,13-14H2. The molecule has 0 saturated carbocycles. The van der Waals surface area contributed by atoms with E-state index >= 15 is 0 Å². The lowest BCUT2D eigenvalue weighted by Crippen LogP contribution is -2.47. The highest BCUT2D eigenvalue weighted by Crippen LogP contribution is 2.35. The maximum absolute atomic E-state index is 13.4. The number of piperidine rings is 1. The highest BCUT2D eigenvalue weighted by atomic mass is 35.5. The van der Waals surface area contributed by atoms with Crippen molar-refractivity contribution in [3.05, 3.63) is 87.3 Å². The Morgan fingerprint density at radius 2 is 1.78 bits per heavy atom. The van der Waals surface area contributed by atoms with Crippen LogP contribution in [0.1, 0.15) is 24.0 Å². The second-order valence-corrected chi connectivity index (χ2v) is 9.68. The molecule has 1 saturated heterocycles. The summed E-state index contributed by atoms with van der Waals surface area (Å²) in [6.45, 7) is 0.754. The first-order valence-corrected chi connectivity index (χ1v) is 11.9. The lowest BCUT2D eigenvalue weighted by molar-refractivity contribution is -0.138. The molecule has 0 unspecified atom stereocenters. The highest BCUT2D eigenvalue weighted by Gasteiger charge is 2.36. The number of aliphatic hydroxyl groups is 1. The number of alkyl halides is 3. The summed E-state index contributed by atoms with van der Waals surface area (Å²) in [5.41, 5.74) is -1.42. The molecule has 12 heteroatoms. The molecule has 4 aromatic rings. The zero-order valence-corrected chi connectivity index (χ0v) is 20.2. The fourth-order valence-corrected chi connectivity index (χ4v) is 4.80. The smallest absolute Gasteiger partial charge is 0.388 e. The van der Waals surface area contributed by atoms with Gasteiger partial charge in [-0.1, -0.05) is 17.7 Å². The molecule has 0 aliphatic carbocycles. The molecule has 2 aromatic heterocycles. The first-order valence-electron chi connectivity index (χ1n) is 11.5. The topological polar surface area (TPSA) is 76.2 Å². The van der Waals surface area contributed by atoms with E-state index < -0.39 is 23.2 Å². The summed E-state index contributed by atoms with van der Waals surface area (Å²) in [7, 11) is 0. The van der Waals surface area contributed by atoms with Crippen LogP contribution in [0.4, 0.5) is 17.6 Å². The molecule has 5 rings (SSSR count). The minimum Gasteiger partial charge on any atom is -0.388 e. The number of hydrogen-bond acceptors (Lipinski definition) is 5. The summed E-state index contributed by atoms with van der Waals surface area (Å²) in [6.07, 6.45) is -1.28. The van der Waals surface area contributed by atoms with E-state index in [-0.39, 0.29) is 47.5 Å². The molecule has 0 bridgehead atoms. The first-order chi connectivity index (χ1) is 17.5. The van der Waals surface area contributed by atoms with Crippen LogP contribution >= 0.6 is 11.6 Å². The van der Waals surface area contributed by atoms with Crippen LogP contribution < -0.4 is 5.56 Å². The van der Waals surface area contributed by atoms with Crippen molar-refractivity contribution in [2.45, 2.75) is 37.7 Å². The van der Waals surface area contributed by atoms with Crippen molar-refractivity contribution in [1.82, 2.24) is 24.2 Å². The summed E-state index contributed by atoms with van der Waals surface area (Å²) in [6, 6.07) is 9.33. The number of nitrogens with zero attached hydrogens (tertiary/aromatic N) is 5. The minimum atomic E-state index is -4.52. The third-order valence-corrected chi connectivity index (χ3v) is 6.88. The summed E-state index contributed by atoms with van der Waals surface area (Å²) in [5, 5.41) is 15.6. The fourth-order valence-electron chi connectivity index (χ4n) is 4.63. The fraction of sp³-hybridized carbons (Fsp3) is 0.320. The van der Waals surface area contributed by atoms with Crippen LogP contribution in [-0.2, 0) is 19.3 Å². The van der Waals surface area contributed by atoms with Crippen molar-refractivity contribution < 1.29 is 22.7 Å². The van der Waals surface area contributed by atoms with Crippen molar-refractivity contribution >= 4 is 22.6 Å². The van der Waals surface area contributed by atoms with Crippen molar-refractivity contribution in [3.8, 4) is 5.69 Å². The minimum absolute atomic E-state index is 0.0148. The molecule has 0 radical (unpaired) electrons. The number of hydrogen-bond donors (Lipinski definition) is 1. The van der Waals surface area contributed by atoms with Gasteiger partial charge in [0.1, 0.15) is 17.5 Å². The van der Waals surface area contributed by atoms with E-state index in [0.29, 0.717) is 24.4 Å². The van der Waals surface area contributed by atoms with E-state index in [4.69, 9.17) is 11.6 Å². The molecule has 0 atom stereocenters. The van der Waals surface area contributed by atoms with Gasteiger partial charge >= 0.3 is 6.18 Å². The Bertz CT molecular complexity index is 1490. The molecule has 1 N–H and O–H groups in total.